The highest BCUT2D eigenvalue weighted by atomic mass is 16.5. The molecule has 0 radical (unpaired) electrons. The van der Waals surface area contributed by atoms with E-state index in [1.165, 1.54) is 0 Å². The average molecular weight is 425 g/mol. The summed E-state index contributed by atoms with van der Waals surface area (Å²) in [6.07, 6.45) is 1.22. The van der Waals surface area contributed by atoms with Crippen LogP contribution in [0.2, 0.25) is 0 Å². The molecule has 0 bridgehead atoms. The summed E-state index contributed by atoms with van der Waals surface area (Å²) in [5, 5.41) is 2.95. The Hall–Kier alpha value is -2.82. The fraction of sp³-hybridized carbons (Fsp3) is 0.462. The van der Waals surface area contributed by atoms with Crippen molar-refractivity contribution in [1.29, 1.82) is 0 Å². The number of benzene rings is 2. The third-order valence-electron chi connectivity index (χ3n) is 5.42. The van der Waals surface area contributed by atoms with Crippen LogP contribution in [0.15, 0.2) is 42.5 Å². The number of aryl methyl sites for hydroxylation is 2. The van der Waals surface area contributed by atoms with Crippen molar-refractivity contribution in [2.24, 2.45) is 0 Å². The molecule has 2 aromatic rings. The van der Waals surface area contributed by atoms with E-state index in [1.54, 1.807) is 4.90 Å². The van der Waals surface area contributed by atoms with Gasteiger partial charge in [-0.1, -0.05) is 43.3 Å². The zero-order valence-corrected chi connectivity index (χ0v) is 19.7. The summed E-state index contributed by atoms with van der Waals surface area (Å²) in [5.41, 5.74) is 4.38. The number of nitrogens with zero attached hydrogens (tertiary/aromatic N) is 1. The summed E-state index contributed by atoms with van der Waals surface area (Å²) in [6, 6.07) is 13.5. The zero-order valence-electron chi connectivity index (χ0n) is 19.7. The molecule has 0 saturated heterocycles. The zero-order chi connectivity index (χ0) is 23.0. The number of amides is 2. The molecule has 0 heterocycles. The fourth-order valence-corrected chi connectivity index (χ4v) is 3.65. The summed E-state index contributed by atoms with van der Waals surface area (Å²) in [7, 11) is 0. The van der Waals surface area contributed by atoms with Crippen molar-refractivity contribution in [2.75, 3.05) is 13.2 Å². The van der Waals surface area contributed by atoms with Gasteiger partial charge in [-0.3, -0.25) is 9.59 Å². The minimum atomic E-state index is -0.525. The van der Waals surface area contributed by atoms with Crippen LogP contribution >= 0.6 is 0 Å². The van der Waals surface area contributed by atoms with Crippen molar-refractivity contribution in [3.8, 4) is 5.75 Å². The van der Waals surface area contributed by atoms with Gasteiger partial charge in [-0.05, 0) is 75.8 Å². The van der Waals surface area contributed by atoms with E-state index in [4.69, 9.17) is 4.74 Å². The molecule has 168 valence electrons. The van der Waals surface area contributed by atoms with Gasteiger partial charge >= 0.3 is 0 Å². The monoisotopic (exact) mass is 424 g/mol. The lowest BCUT2D eigenvalue weighted by Gasteiger charge is -2.31. The Kier molecular flexibility index (Phi) is 9.10. The highest BCUT2D eigenvalue weighted by molar-refractivity contribution is 5.88. The van der Waals surface area contributed by atoms with Crippen molar-refractivity contribution in [3.63, 3.8) is 0 Å². The van der Waals surface area contributed by atoms with Gasteiger partial charge in [-0.25, -0.2) is 0 Å². The Labute approximate surface area is 186 Å². The van der Waals surface area contributed by atoms with Gasteiger partial charge in [0.25, 0.3) is 5.91 Å². The van der Waals surface area contributed by atoms with Crippen LogP contribution in [0, 0.1) is 20.8 Å². The standard InChI is InChI=1S/C26H36N2O3/c1-7-23(26(30)27-18(2)3)28(14-13-22-11-9-8-10-12-22)25(29)17-31-24-16-19(4)15-20(5)21(24)6/h8-12,15-16,18,23H,7,13-14,17H2,1-6H3,(H,27,30). The molecule has 0 aliphatic carbocycles. The summed E-state index contributed by atoms with van der Waals surface area (Å²) < 4.78 is 5.93. The van der Waals surface area contributed by atoms with E-state index < -0.39 is 6.04 Å². The predicted octanol–water partition coefficient (Wildman–Crippen LogP) is 4.37. The molecule has 0 saturated carbocycles. The van der Waals surface area contributed by atoms with E-state index in [0.717, 1.165) is 22.3 Å². The van der Waals surface area contributed by atoms with Crippen molar-refractivity contribution in [2.45, 2.75) is 66.5 Å². The third kappa shape index (κ3) is 7.12. The molecule has 1 atom stereocenters. The molecule has 1 unspecified atom stereocenters. The van der Waals surface area contributed by atoms with Crippen molar-refractivity contribution in [3.05, 3.63) is 64.7 Å². The molecule has 2 amide bonds. The number of rotatable bonds is 10. The Bertz CT molecular complexity index is 878. The Morgan fingerprint density at radius 3 is 2.35 bits per heavy atom. The van der Waals surface area contributed by atoms with Crippen LogP contribution in [-0.4, -0.2) is 41.9 Å². The van der Waals surface area contributed by atoms with E-state index >= 15 is 0 Å². The summed E-state index contributed by atoms with van der Waals surface area (Å²) in [4.78, 5) is 27.7. The average Bonchev–Trinajstić information content (AvgIpc) is 2.72. The molecular weight excluding hydrogens is 388 g/mol. The lowest BCUT2D eigenvalue weighted by atomic mass is 10.1. The molecule has 0 fully saturated rings. The largest absolute Gasteiger partial charge is 0.483 e. The number of hydrogen-bond acceptors (Lipinski definition) is 3. The molecule has 0 aliphatic heterocycles. The van der Waals surface area contributed by atoms with Crippen LogP contribution in [-0.2, 0) is 16.0 Å². The van der Waals surface area contributed by atoms with Gasteiger partial charge in [0, 0.05) is 12.6 Å². The SMILES string of the molecule is CCC(C(=O)NC(C)C)N(CCc1ccccc1)C(=O)COc1cc(C)cc(C)c1C. The second kappa shape index (κ2) is 11.5. The van der Waals surface area contributed by atoms with Gasteiger partial charge in [-0.2, -0.15) is 0 Å². The van der Waals surface area contributed by atoms with Crippen LogP contribution in [0.1, 0.15) is 49.4 Å². The Morgan fingerprint density at radius 2 is 1.74 bits per heavy atom. The van der Waals surface area contributed by atoms with Crippen molar-refractivity contribution in [1.82, 2.24) is 10.2 Å². The topological polar surface area (TPSA) is 58.6 Å². The predicted molar refractivity (Wildman–Crippen MR) is 125 cm³/mol. The van der Waals surface area contributed by atoms with Crippen molar-refractivity contribution < 1.29 is 14.3 Å². The lowest BCUT2D eigenvalue weighted by molar-refractivity contribution is -0.142. The quantitative estimate of drug-likeness (QED) is 0.616. The Morgan fingerprint density at radius 1 is 1.06 bits per heavy atom. The second-order valence-electron chi connectivity index (χ2n) is 8.40. The Balaban J connectivity index is 2.19. The number of carbonyl (C=O) groups is 2. The molecule has 0 spiro atoms. The fourth-order valence-electron chi connectivity index (χ4n) is 3.65. The minimum Gasteiger partial charge on any atom is -0.483 e. The maximum absolute atomic E-state index is 13.2. The lowest BCUT2D eigenvalue weighted by Crippen LogP contribution is -2.52. The first kappa shape index (κ1) is 24.4. The van der Waals surface area contributed by atoms with Crippen LogP contribution in [0.3, 0.4) is 0 Å². The summed E-state index contributed by atoms with van der Waals surface area (Å²) in [6.45, 7) is 12.2. The van der Waals surface area contributed by atoms with E-state index in [0.29, 0.717) is 25.1 Å². The smallest absolute Gasteiger partial charge is 0.261 e. The molecule has 0 aromatic heterocycles. The third-order valence-corrected chi connectivity index (χ3v) is 5.42. The molecule has 5 heteroatoms. The van der Waals surface area contributed by atoms with Gasteiger partial charge in [0.2, 0.25) is 5.91 Å². The highest BCUT2D eigenvalue weighted by Gasteiger charge is 2.29. The molecular formula is C26H36N2O3. The molecule has 2 rings (SSSR count). The van der Waals surface area contributed by atoms with Gasteiger partial charge in [0.1, 0.15) is 11.8 Å². The van der Waals surface area contributed by atoms with E-state index in [2.05, 4.69) is 11.4 Å². The normalized spacial score (nSPS) is 11.8. The molecule has 31 heavy (non-hydrogen) atoms. The number of ether oxygens (including phenoxy) is 1. The maximum Gasteiger partial charge on any atom is 0.261 e. The number of hydrogen-bond donors (Lipinski definition) is 1. The van der Waals surface area contributed by atoms with Gasteiger partial charge < -0.3 is 15.0 Å². The van der Waals surface area contributed by atoms with Crippen LogP contribution in [0.25, 0.3) is 0 Å². The van der Waals surface area contributed by atoms with E-state index in [-0.39, 0.29) is 24.5 Å². The van der Waals surface area contributed by atoms with E-state index in [1.807, 2.05) is 77.9 Å². The van der Waals surface area contributed by atoms with Crippen LogP contribution in [0.5, 0.6) is 5.75 Å². The maximum atomic E-state index is 13.2. The summed E-state index contributed by atoms with van der Waals surface area (Å²) >= 11 is 0. The molecule has 2 aromatic carbocycles. The first-order valence-corrected chi connectivity index (χ1v) is 11.1. The highest BCUT2D eigenvalue weighted by Crippen LogP contribution is 2.23. The first-order chi connectivity index (χ1) is 14.7. The number of carbonyl (C=O) groups excluding carboxylic acids is 2. The van der Waals surface area contributed by atoms with Crippen LogP contribution < -0.4 is 10.1 Å². The van der Waals surface area contributed by atoms with Crippen molar-refractivity contribution >= 4 is 11.8 Å². The molecule has 5 nitrogen and oxygen atoms in total. The van der Waals surface area contributed by atoms with Gasteiger partial charge in [-0.15, -0.1) is 0 Å². The first-order valence-electron chi connectivity index (χ1n) is 11.1. The van der Waals surface area contributed by atoms with Gasteiger partial charge in [0.05, 0.1) is 0 Å². The van der Waals surface area contributed by atoms with Gasteiger partial charge in [0.15, 0.2) is 6.61 Å². The second-order valence-corrected chi connectivity index (χ2v) is 8.40. The minimum absolute atomic E-state index is 0.0156. The van der Waals surface area contributed by atoms with Crippen LogP contribution in [0.4, 0.5) is 0 Å². The molecule has 0 aliphatic rings. The number of nitrogens with one attached hydrogen (secondary N) is 1. The molecule has 1 N–H and O–H groups in total. The van der Waals surface area contributed by atoms with E-state index in [9.17, 15) is 9.59 Å². The summed E-state index contributed by atoms with van der Waals surface area (Å²) in [5.74, 6) is 0.412.